The Morgan fingerprint density at radius 2 is 2.20 bits per heavy atom. The summed E-state index contributed by atoms with van der Waals surface area (Å²) in [7, 11) is 0. The van der Waals surface area contributed by atoms with Crippen LogP contribution in [0.1, 0.15) is 35.3 Å². The summed E-state index contributed by atoms with van der Waals surface area (Å²) in [5.74, 6) is 0.499. The highest BCUT2D eigenvalue weighted by molar-refractivity contribution is 6.02. The maximum absolute atomic E-state index is 12.3. The molecule has 1 heterocycles. The van der Waals surface area contributed by atoms with Crippen LogP contribution in [0.4, 0.5) is 5.69 Å². The zero-order valence-corrected chi connectivity index (χ0v) is 14.6. The van der Waals surface area contributed by atoms with E-state index in [2.05, 4.69) is 33.1 Å². The van der Waals surface area contributed by atoms with Gasteiger partial charge in [0.2, 0.25) is 0 Å². The fraction of sp³-hybridized carbons (Fsp3) is 0.421. The Bertz CT molecular complexity index is 737. The van der Waals surface area contributed by atoms with Gasteiger partial charge in [0.25, 0.3) is 5.91 Å². The molecular weight excluding hydrogens is 314 g/mol. The number of hydrogen-bond acceptors (Lipinski definition) is 4. The highest BCUT2D eigenvalue weighted by Gasteiger charge is 2.12. The summed E-state index contributed by atoms with van der Waals surface area (Å²) in [5.41, 5.74) is 2.15. The fourth-order valence-electron chi connectivity index (χ4n) is 2.95. The van der Waals surface area contributed by atoms with Crippen molar-refractivity contribution >= 4 is 11.6 Å². The van der Waals surface area contributed by atoms with Crippen LogP contribution < -0.4 is 10.6 Å². The Morgan fingerprint density at radius 1 is 1.32 bits per heavy atom. The number of anilines is 1. The van der Waals surface area contributed by atoms with Gasteiger partial charge in [-0.25, -0.2) is 0 Å². The zero-order valence-electron chi connectivity index (χ0n) is 14.6. The minimum atomic E-state index is -0.234. The lowest BCUT2D eigenvalue weighted by molar-refractivity contribution is 0.102. The first-order chi connectivity index (χ1) is 12.2. The molecule has 1 aromatic carbocycles. The van der Waals surface area contributed by atoms with Gasteiger partial charge >= 0.3 is 0 Å². The summed E-state index contributed by atoms with van der Waals surface area (Å²) in [6, 6.07) is 7.67. The minimum absolute atomic E-state index is 0.234. The normalized spacial score (nSPS) is 16.8. The van der Waals surface area contributed by atoms with Gasteiger partial charge < -0.3 is 10.6 Å². The molecule has 132 valence electrons. The van der Waals surface area contributed by atoms with Crippen LogP contribution in [0.15, 0.2) is 42.6 Å². The Kier molecular flexibility index (Phi) is 5.95. The molecule has 3 rings (SSSR count). The van der Waals surface area contributed by atoms with Gasteiger partial charge in [-0.3, -0.25) is 9.48 Å². The molecule has 1 atom stereocenters. The molecule has 1 aliphatic rings. The van der Waals surface area contributed by atoms with Gasteiger partial charge in [0.15, 0.2) is 5.69 Å². The van der Waals surface area contributed by atoms with Crippen molar-refractivity contribution in [3.05, 3.63) is 53.9 Å². The molecule has 0 radical (unpaired) electrons. The van der Waals surface area contributed by atoms with Crippen LogP contribution in [0.3, 0.4) is 0 Å². The van der Waals surface area contributed by atoms with Gasteiger partial charge in [-0.2, -0.15) is 0 Å². The number of carbonyl (C=O) groups excluding carboxylic acids is 1. The second-order valence-corrected chi connectivity index (χ2v) is 6.49. The third-order valence-electron chi connectivity index (χ3n) is 4.49. The second kappa shape index (κ2) is 8.58. The van der Waals surface area contributed by atoms with Crippen molar-refractivity contribution in [2.45, 2.75) is 32.7 Å². The maximum atomic E-state index is 12.3. The van der Waals surface area contributed by atoms with E-state index in [9.17, 15) is 4.79 Å². The summed E-state index contributed by atoms with van der Waals surface area (Å²) >= 11 is 0. The van der Waals surface area contributed by atoms with E-state index in [1.54, 1.807) is 10.9 Å². The maximum Gasteiger partial charge on any atom is 0.277 e. The number of amides is 1. The van der Waals surface area contributed by atoms with E-state index < -0.39 is 0 Å². The predicted molar refractivity (Wildman–Crippen MR) is 98.5 cm³/mol. The van der Waals surface area contributed by atoms with Crippen molar-refractivity contribution in [1.29, 1.82) is 0 Å². The highest BCUT2D eigenvalue weighted by Crippen LogP contribution is 2.16. The summed E-state index contributed by atoms with van der Waals surface area (Å²) in [4.78, 5) is 12.3. The van der Waals surface area contributed by atoms with E-state index in [1.165, 1.54) is 19.3 Å². The van der Waals surface area contributed by atoms with Crippen molar-refractivity contribution in [2.24, 2.45) is 5.92 Å². The topological polar surface area (TPSA) is 71.8 Å². The van der Waals surface area contributed by atoms with E-state index in [4.69, 9.17) is 0 Å². The Hall–Kier alpha value is -2.47. The summed E-state index contributed by atoms with van der Waals surface area (Å²) < 4.78 is 1.71. The lowest BCUT2D eigenvalue weighted by Gasteiger charge is -2.17. The largest absolute Gasteiger partial charge is 0.320 e. The van der Waals surface area contributed by atoms with E-state index in [-0.39, 0.29) is 5.91 Å². The summed E-state index contributed by atoms with van der Waals surface area (Å²) in [6.07, 6.45) is 9.84. The molecule has 1 aliphatic carbocycles. The number of allylic oxidation sites excluding steroid dienone is 2. The number of rotatable bonds is 7. The first-order valence-electron chi connectivity index (χ1n) is 8.85. The molecule has 0 fully saturated rings. The molecule has 6 nitrogen and oxygen atoms in total. The number of benzene rings is 1. The molecule has 2 aromatic rings. The van der Waals surface area contributed by atoms with E-state index in [1.807, 2.05) is 31.2 Å². The Balaban J connectivity index is 1.44. The van der Waals surface area contributed by atoms with Gasteiger partial charge in [0, 0.05) is 12.2 Å². The third kappa shape index (κ3) is 5.00. The van der Waals surface area contributed by atoms with E-state index in [0.717, 1.165) is 30.3 Å². The molecule has 0 aliphatic heterocycles. The van der Waals surface area contributed by atoms with Crippen molar-refractivity contribution in [3.63, 3.8) is 0 Å². The molecule has 0 spiro atoms. The number of aryl methyl sites for hydroxylation is 1. The monoisotopic (exact) mass is 339 g/mol. The SMILES string of the molecule is Cc1ccccc1NC(=O)c1cn(CCNC[C@@H]2CC=CCC2)nn1. The molecular formula is C19H25N5O. The lowest BCUT2D eigenvalue weighted by atomic mass is 9.94. The van der Waals surface area contributed by atoms with Crippen molar-refractivity contribution in [3.8, 4) is 0 Å². The molecule has 0 unspecified atom stereocenters. The van der Waals surface area contributed by atoms with Gasteiger partial charge in [0.05, 0.1) is 12.7 Å². The molecule has 2 N–H and O–H groups in total. The summed E-state index contributed by atoms with van der Waals surface area (Å²) in [5, 5.41) is 14.4. The van der Waals surface area contributed by atoms with Crippen molar-refractivity contribution in [1.82, 2.24) is 20.3 Å². The number of nitrogens with zero attached hydrogens (tertiary/aromatic N) is 3. The van der Waals surface area contributed by atoms with Crippen LogP contribution in [-0.2, 0) is 6.54 Å². The number of aromatic nitrogens is 3. The standard InChI is InChI=1S/C19H25N5O/c1-15-7-5-6-10-17(15)21-19(25)18-14-24(23-22-18)12-11-20-13-16-8-3-2-4-9-16/h2-3,5-7,10,14,16,20H,4,8-9,11-13H2,1H3,(H,21,25)/t16-/m1/s1. The van der Waals surface area contributed by atoms with Crippen LogP contribution in [0.2, 0.25) is 0 Å². The van der Waals surface area contributed by atoms with Crippen LogP contribution >= 0.6 is 0 Å². The molecule has 1 amide bonds. The smallest absolute Gasteiger partial charge is 0.277 e. The first kappa shape index (κ1) is 17.4. The Morgan fingerprint density at radius 3 is 3.00 bits per heavy atom. The van der Waals surface area contributed by atoms with E-state index in [0.29, 0.717) is 12.2 Å². The average Bonchev–Trinajstić information content (AvgIpc) is 3.11. The quantitative estimate of drug-likeness (QED) is 0.601. The third-order valence-corrected chi connectivity index (χ3v) is 4.49. The molecule has 6 heteroatoms. The Labute approximate surface area is 148 Å². The van der Waals surface area contributed by atoms with E-state index >= 15 is 0 Å². The molecule has 25 heavy (non-hydrogen) atoms. The fourth-order valence-corrected chi connectivity index (χ4v) is 2.95. The molecule has 0 bridgehead atoms. The van der Waals surface area contributed by atoms with Gasteiger partial charge in [0.1, 0.15) is 0 Å². The minimum Gasteiger partial charge on any atom is -0.320 e. The first-order valence-corrected chi connectivity index (χ1v) is 8.85. The van der Waals surface area contributed by atoms with Crippen molar-refractivity contribution in [2.75, 3.05) is 18.4 Å². The van der Waals surface area contributed by atoms with Crippen LogP contribution in [0, 0.1) is 12.8 Å². The average molecular weight is 339 g/mol. The van der Waals surface area contributed by atoms with Gasteiger partial charge in [-0.15, -0.1) is 5.10 Å². The predicted octanol–water partition coefficient (Wildman–Crippen LogP) is 2.78. The van der Waals surface area contributed by atoms with Gasteiger partial charge in [-0.1, -0.05) is 35.6 Å². The second-order valence-electron chi connectivity index (χ2n) is 6.49. The zero-order chi connectivity index (χ0) is 17.5. The summed E-state index contributed by atoms with van der Waals surface area (Å²) in [6.45, 7) is 4.51. The molecule has 0 saturated carbocycles. The lowest BCUT2D eigenvalue weighted by Crippen LogP contribution is -2.27. The van der Waals surface area contributed by atoms with Crippen molar-refractivity contribution < 1.29 is 4.79 Å². The number of para-hydroxylation sites is 1. The molecule has 0 saturated heterocycles. The number of carbonyl (C=O) groups is 1. The van der Waals surface area contributed by atoms with Crippen LogP contribution in [0.5, 0.6) is 0 Å². The highest BCUT2D eigenvalue weighted by atomic mass is 16.2. The number of nitrogens with one attached hydrogen (secondary N) is 2. The molecule has 1 aromatic heterocycles. The number of hydrogen-bond donors (Lipinski definition) is 2. The van der Waals surface area contributed by atoms with Crippen LogP contribution in [-0.4, -0.2) is 34.0 Å². The van der Waals surface area contributed by atoms with Gasteiger partial charge in [-0.05, 0) is 50.3 Å². The van der Waals surface area contributed by atoms with Crippen LogP contribution in [0.25, 0.3) is 0 Å².